The van der Waals surface area contributed by atoms with E-state index in [-0.39, 0.29) is 11.9 Å². The van der Waals surface area contributed by atoms with E-state index in [0.29, 0.717) is 22.3 Å². The predicted molar refractivity (Wildman–Crippen MR) is 78.4 cm³/mol. The summed E-state index contributed by atoms with van der Waals surface area (Å²) in [6.07, 6.45) is 1.73. The van der Waals surface area contributed by atoms with Crippen molar-refractivity contribution in [3.05, 3.63) is 51.6 Å². The monoisotopic (exact) mass is 352 g/mol. The average Bonchev–Trinajstić information content (AvgIpc) is 3.09. The molecule has 1 amide bonds. The number of halogens is 2. The molecule has 0 spiro atoms. The van der Waals surface area contributed by atoms with Crippen LogP contribution in [0.4, 0.5) is 4.39 Å². The van der Waals surface area contributed by atoms with Crippen LogP contribution in [0.25, 0.3) is 0 Å². The zero-order chi connectivity index (χ0) is 15.0. The fraction of sp³-hybridized carbons (Fsp3) is 0.333. The molecule has 0 bridgehead atoms. The Balaban J connectivity index is 1.87. The van der Waals surface area contributed by atoms with Crippen molar-refractivity contribution < 1.29 is 13.7 Å². The average molecular weight is 353 g/mol. The Labute approximate surface area is 130 Å². The molecule has 1 saturated heterocycles. The molecule has 1 aliphatic rings. The Hall–Kier alpha value is -1.69. The molecule has 1 aromatic carbocycles. The molecule has 0 saturated carbocycles. The molecule has 2 aromatic rings. The lowest BCUT2D eigenvalue weighted by Crippen LogP contribution is -2.30. The first-order chi connectivity index (χ1) is 10.1. The van der Waals surface area contributed by atoms with Crippen molar-refractivity contribution in [2.24, 2.45) is 0 Å². The first-order valence-electron chi connectivity index (χ1n) is 6.75. The minimum Gasteiger partial charge on any atom is -0.359 e. The number of nitrogens with zero attached hydrogens (tertiary/aromatic N) is 2. The van der Waals surface area contributed by atoms with E-state index in [4.69, 9.17) is 4.52 Å². The molecule has 2 heterocycles. The SMILES string of the molecule is Cc1cc(C2CCCN2C(=O)c2ccc(Br)c(F)c2)on1. The van der Waals surface area contributed by atoms with Crippen LogP contribution < -0.4 is 0 Å². The summed E-state index contributed by atoms with van der Waals surface area (Å²) in [7, 11) is 0. The molecule has 6 heteroatoms. The number of aryl methyl sites for hydroxylation is 1. The number of hydrogen-bond donors (Lipinski definition) is 0. The van der Waals surface area contributed by atoms with Gasteiger partial charge in [0.25, 0.3) is 5.91 Å². The fourth-order valence-electron chi connectivity index (χ4n) is 2.64. The third kappa shape index (κ3) is 2.72. The maximum absolute atomic E-state index is 13.6. The summed E-state index contributed by atoms with van der Waals surface area (Å²) in [5.74, 6) is 0.0704. The van der Waals surface area contributed by atoms with Crippen LogP contribution in [0.15, 0.2) is 33.3 Å². The van der Waals surface area contributed by atoms with Gasteiger partial charge in [-0.25, -0.2) is 4.39 Å². The highest BCUT2D eigenvalue weighted by Gasteiger charge is 2.33. The van der Waals surface area contributed by atoms with Gasteiger partial charge in [-0.2, -0.15) is 0 Å². The second-order valence-electron chi connectivity index (χ2n) is 5.16. The highest BCUT2D eigenvalue weighted by atomic mass is 79.9. The number of benzene rings is 1. The zero-order valence-electron chi connectivity index (χ0n) is 11.5. The second kappa shape index (κ2) is 5.60. The van der Waals surface area contributed by atoms with Crippen LogP contribution in [0.3, 0.4) is 0 Å². The highest BCUT2D eigenvalue weighted by Crippen LogP contribution is 2.33. The smallest absolute Gasteiger partial charge is 0.254 e. The van der Waals surface area contributed by atoms with Crippen LogP contribution in [-0.4, -0.2) is 22.5 Å². The molecule has 0 aliphatic carbocycles. The summed E-state index contributed by atoms with van der Waals surface area (Å²) in [6, 6.07) is 6.15. The topological polar surface area (TPSA) is 46.3 Å². The van der Waals surface area contributed by atoms with E-state index >= 15 is 0 Å². The van der Waals surface area contributed by atoms with Crippen molar-refractivity contribution >= 4 is 21.8 Å². The van der Waals surface area contributed by atoms with Gasteiger partial charge in [-0.05, 0) is 53.9 Å². The Morgan fingerprint density at radius 1 is 1.48 bits per heavy atom. The van der Waals surface area contributed by atoms with Crippen molar-refractivity contribution in [3.8, 4) is 0 Å². The van der Waals surface area contributed by atoms with E-state index in [1.807, 2.05) is 13.0 Å². The van der Waals surface area contributed by atoms with E-state index in [1.54, 1.807) is 17.0 Å². The number of amides is 1. The Kier molecular flexibility index (Phi) is 3.80. The van der Waals surface area contributed by atoms with Crippen molar-refractivity contribution in [1.29, 1.82) is 0 Å². The van der Waals surface area contributed by atoms with Crippen molar-refractivity contribution in [1.82, 2.24) is 10.1 Å². The third-order valence-electron chi connectivity index (χ3n) is 3.65. The predicted octanol–water partition coefficient (Wildman–Crippen LogP) is 3.86. The molecule has 1 unspecified atom stereocenters. The molecule has 21 heavy (non-hydrogen) atoms. The first-order valence-corrected chi connectivity index (χ1v) is 7.55. The second-order valence-corrected chi connectivity index (χ2v) is 6.01. The minimum absolute atomic E-state index is 0.120. The van der Waals surface area contributed by atoms with Gasteiger partial charge in [-0.3, -0.25) is 4.79 Å². The summed E-state index contributed by atoms with van der Waals surface area (Å²) in [5, 5.41) is 3.87. The van der Waals surface area contributed by atoms with E-state index in [2.05, 4.69) is 21.1 Å². The Morgan fingerprint density at radius 2 is 2.29 bits per heavy atom. The van der Waals surface area contributed by atoms with Gasteiger partial charge in [0, 0.05) is 18.2 Å². The molecule has 3 rings (SSSR count). The quantitative estimate of drug-likeness (QED) is 0.824. The summed E-state index contributed by atoms with van der Waals surface area (Å²) in [5.41, 5.74) is 1.14. The molecule has 0 N–H and O–H groups in total. The van der Waals surface area contributed by atoms with Crippen molar-refractivity contribution in [2.45, 2.75) is 25.8 Å². The van der Waals surface area contributed by atoms with E-state index in [1.165, 1.54) is 6.07 Å². The van der Waals surface area contributed by atoms with Crippen LogP contribution in [-0.2, 0) is 0 Å². The molecule has 110 valence electrons. The van der Waals surface area contributed by atoms with E-state index < -0.39 is 5.82 Å². The van der Waals surface area contributed by atoms with Crippen molar-refractivity contribution in [2.75, 3.05) is 6.54 Å². The molecule has 1 fully saturated rings. The molecular formula is C15H14BrFN2O2. The van der Waals surface area contributed by atoms with Crippen LogP contribution in [0.5, 0.6) is 0 Å². The number of hydrogen-bond acceptors (Lipinski definition) is 3. The van der Waals surface area contributed by atoms with Gasteiger partial charge in [0.1, 0.15) is 5.82 Å². The van der Waals surface area contributed by atoms with Gasteiger partial charge in [-0.15, -0.1) is 0 Å². The van der Waals surface area contributed by atoms with Crippen LogP contribution in [0.2, 0.25) is 0 Å². The van der Waals surface area contributed by atoms with Gasteiger partial charge < -0.3 is 9.42 Å². The summed E-state index contributed by atoms with van der Waals surface area (Å²) < 4.78 is 19.2. The van der Waals surface area contributed by atoms with Gasteiger partial charge >= 0.3 is 0 Å². The minimum atomic E-state index is -0.438. The molecule has 0 radical (unpaired) electrons. The lowest BCUT2D eigenvalue weighted by molar-refractivity contribution is 0.0714. The van der Waals surface area contributed by atoms with Gasteiger partial charge in [0.05, 0.1) is 16.2 Å². The van der Waals surface area contributed by atoms with Crippen LogP contribution in [0, 0.1) is 12.7 Å². The third-order valence-corrected chi connectivity index (χ3v) is 4.30. The molecule has 1 aromatic heterocycles. The summed E-state index contributed by atoms with van der Waals surface area (Å²) in [6.45, 7) is 2.49. The Morgan fingerprint density at radius 3 is 2.95 bits per heavy atom. The number of likely N-dealkylation sites (tertiary alicyclic amines) is 1. The summed E-state index contributed by atoms with van der Waals surface area (Å²) in [4.78, 5) is 14.3. The molecular weight excluding hydrogens is 339 g/mol. The van der Waals surface area contributed by atoms with E-state index in [9.17, 15) is 9.18 Å². The summed E-state index contributed by atoms with van der Waals surface area (Å²) >= 11 is 3.09. The maximum atomic E-state index is 13.6. The highest BCUT2D eigenvalue weighted by molar-refractivity contribution is 9.10. The fourth-order valence-corrected chi connectivity index (χ4v) is 2.89. The largest absolute Gasteiger partial charge is 0.359 e. The van der Waals surface area contributed by atoms with Crippen LogP contribution >= 0.6 is 15.9 Å². The van der Waals surface area contributed by atoms with Crippen molar-refractivity contribution in [3.63, 3.8) is 0 Å². The van der Waals surface area contributed by atoms with Gasteiger partial charge in [0.2, 0.25) is 0 Å². The zero-order valence-corrected chi connectivity index (χ0v) is 13.1. The van der Waals surface area contributed by atoms with Gasteiger partial charge in [0.15, 0.2) is 5.76 Å². The molecule has 4 nitrogen and oxygen atoms in total. The number of aromatic nitrogens is 1. The van der Waals surface area contributed by atoms with Crippen LogP contribution in [0.1, 0.15) is 40.7 Å². The van der Waals surface area contributed by atoms with Gasteiger partial charge in [-0.1, -0.05) is 5.16 Å². The number of carbonyl (C=O) groups excluding carboxylic acids is 1. The lowest BCUT2D eigenvalue weighted by Gasteiger charge is -2.22. The molecule has 1 aliphatic heterocycles. The first kappa shape index (κ1) is 14.3. The molecule has 1 atom stereocenters. The maximum Gasteiger partial charge on any atom is 0.254 e. The standard InChI is InChI=1S/C15H14BrFN2O2/c1-9-7-14(21-18-9)13-3-2-6-19(13)15(20)10-4-5-11(16)12(17)8-10/h4-5,7-8,13H,2-3,6H2,1H3. The normalized spacial score (nSPS) is 18.2. The van der Waals surface area contributed by atoms with E-state index in [0.717, 1.165) is 18.5 Å². The lowest BCUT2D eigenvalue weighted by atomic mass is 10.1. The number of rotatable bonds is 2. The number of carbonyl (C=O) groups is 1. The Bertz CT molecular complexity index is 686.